The molecule has 0 aliphatic carbocycles. The van der Waals surface area contributed by atoms with E-state index in [0.717, 1.165) is 31.0 Å². The molecule has 0 saturated carbocycles. The van der Waals surface area contributed by atoms with Crippen molar-refractivity contribution in [3.05, 3.63) is 46.3 Å². The molecule has 1 aromatic heterocycles. The minimum absolute atomic E-state index is 0.0369. The zero-order valence-electron chi connectivity index (χ0n) is 16.9. The fourth-order valence-electron chi connectivity index (χ4n) is 3.23. The van der Waals surface area contributed by atoms with Crippen molar-refractivity contribution in [3.63, 3.8) is 0 Å². The van der Waals surface area contributed by atoms with Crippen molar-refractivity contribution in [1.29, 1.82) is 0 Å². The summed E-state index contributed by atoms with van der Waals surface area (Å²) in [6.45, 7) is 8.20. The van der Waals surface area contributed by atoms with E-state index in [0.29, 0.717) is 34.7 Å². The second-order valence-electron chi connectivity index (χ2n) is 7.60. The predicted octanol–water partition coefficient (Wildman–Crippen LogP) is 3.29. The number of ether oxygens (including phenoxy) is 1. The molecule has 1 amide bonds. The predicted molar refractivity (Wildman–Crippen MR) is 120 cm³/mol. The number of benzene rings is 1. The smallest absolute Gasteiger partial charge is 0.271 e. The summed E-state index contributed by atoms with van der Waals surface area (Å²) in [4.78, 5) is 14.8. The highest BCUT2D eigenvalue weighted by atomic mass is 35.5. The van der Waals surface area contributed by atoms with Crippen molar-refractivity contribution in [1.82, 2.24) is 10.2 Å². The number of hydrogen-bond acceptors (Lipinski definition) is 6. The Morgan fingerprint density at radius 1 is 1.27 bits per heavy atom. The lowest BCUT2D eigenvalue weighted by Gasteiger charge is -2.33. The summed E-state index contributed by atoms with van der Waals surface area (Å²) < 4.78 is 33.5. The number of carbonyl (C=O) groups excluding carboxylic acids is 1. The van der Waals surface area contributed by atoms with Gasteiger partial charge in [-0.1, -0.05) is 25.4 Å². The number of nitrogens with one attached hydrogen (secondary N) is 2. The van der Waals surface area contributed by atoms with Gasteiger partial charge in [0, 0.05) is 37.4 Å². The highest BCUT2D eigenvalue weighted by molar-refractivity contribution is 7.94. The number of hydrogen-bond donors (Lipinski definition) is 2. The van der Waals surface area contributed by atoms with Gasteiger partial charge < -0.3 is 10.1 Å². The van der Waals surface area contributed by atoms with Crippen molar-refractivity contribution in [2.75, 3.05) is 37.5 Å². The molecule has 0 unspecified atom stereocenters. The van der Waals surface area contributed by atoms with Crippen LogP contribution in [0.3, 0.4) is 0 Å². The molecular weight excluding hydrogens is 446 g/mol. The summed E-state index contributed by atoms with van der Waals surface area (Å²) in [6, 6.07) is 9.27. The van der Waals surface area contributed by atoms with Crippen molar-refractivity contribution >= 4 is 44.6 Å². The maximum absolute atomic E-state index is 12.4. The van der Waals surface area contributed by atoms with Gasteiger partial charge in [-0.3, -0.25) is 14.4 Å². The Balaban J connectivity index is 1.52. The number of carbonyl (C=O) groups is 1. The van der Waals surface area contributed by atoms with E-state index in [1.807, 2.05) is 0 Å². The van der Waals surface area contributed by atoms with Crippen LogP contribution in [0, 0.1) is 5.92 Å². The van der Waals surface area contributed by atoms with Gasteiger partial charge in [0.05, 0.1) is 17.0 Å². The zero-order valence-corrected chi connectivity index (χ0v) is 19.3. The van der Waals surface area contributed by atoms with Crippen LogP contribution in [-0.2, 0) is 14.8 Å². The van der Waals surface area contributed by atoms with Crippen LogP contribution in [0.2, 0.25) is 4.34 Å². The number of morpholine rings is 1. The van der Waals surface area contributed by atoms with Crippen LogP contribution < -0.4 is 10.0 Å². The molecule has 164 valence electrons. The first-order chi connectivity index (χ1) is 14.2. The van der Waals surface area contributed by atoms with Gasteiger partial charge in [-0.25, -0.2) is 8.42 Å². The quantitative estimate of drug-likeness (QED) is 0.616. The third-order valence-corrected chi connectivity index (χ3v) is 7.65. The monoisotopic (exact) mass is 471 g/mol. The van der Waals surface area contributed by atoms with Crippen LogP contribution in [0.5, 0.6) is 0 Å². The SMILES string of the molecule is CC(C)CN1CCO[C@H](CNC(=O)c2ccc(NS(=O)(=O)c3ccc(Cl)s3)cc2)C1. The van der Waals surface area contributed by atoms with Crippen molar-refractivity contribution in [2.24, 2.45) is 5.92 Å². The van der Waals surface area contributed by atoms with Gasteiger partial charge >= 0.3 is 0 Å². The average molecular weight is 472 g/mol. The topological polar surface area (TPSA) is 87.7 Å². The van der Waals surface area contributed by atoms with E-state index in [4.69, 9.17) is 16.3 Å². The molecule has 0 spiro atoms. The second kappa shape index (κ2) is 10.1. The van der Waals surface area contributed by atoms with Gasteiger partial charge in [0.25, 0.3) is 15.9 Å². The number of nitrogens with zero attached hydrogens (tertiary/aromatic N) is 1. The Morgan fingerprint density at radius 3 is 2.63 bits per heavy atom. The van der Waals surface area contributed by atoms with E-state index >= 15 is 0 Å². The minimum atomic E-state index is -3.70. The van der Waals surface area contributed by atoms with E-state index < -0.39 is 10.0 Å². The molecule has 2 aromatic rings. The van der Waals surface area contributed by atoms with E-state index in [1.165, 1.54) is 12.1 Å². The number of thiophene rings is 1. The molecule has 1 saturated heterocycles. The first kappa shape index (κ1) is 23.0. The van der Waals surface area contributed by atoms with Crippen LogP contribution in [-0.4, -0.2) is 58.1 Å². The molecule has 3 rings (SSSR count). The Bertz CT molecular complexity index is 961. The average Bonchev–Trinajstić information content (AvgIpc) is 3.14. The molecule has 1 fully saturated rings. The number of amides is 1. The minimum Gasteiger partial charge on any atom is -0.374 e. The fraction of sp³-hybridized carbons (Fsp3) is 0.450. The van der Waals surface area contributed by atoms with Crippen molar-refractivity contribution < 1.29 is 17.9 Å². The molecule has 1 aromatic carbocycles. The van der Waals surface area contributed by atoms with Crippen molar-refractivity contribution in [3.8, 4) is 0 Å². The molecule has 10 heteroatoms. The van der Waals surface area contributed by atoms with Gasteiger partial charge in [0.1, 0.15) is 4.21 Å². The lowest BCUT2D eigenvalue weighted by Crippen LogP contribution is -2.48. The van der Waals surface area contributed by atoms with E-state index in [2.05, 4.69) is 28.8 Å². The molecular formula is C20H26ClN3O4S2. The molecule has 7 nitrogen and oxygen atoms in total. The van der Waals surface area contributed by atoms with Crippen LogP contribution in [0.1, 0.15) is 24.2 Å². The summed E-state index contributed by atoms with van der Waals surface area (Å²) in [5.41, 5.74) is 0.822. The third kappa shape index (κ3) is 6.42. The number of sulfonamides is 1. The molecule has 30 heavy (non-hydrogen) atoms. The molecule has 0 radical (unpaired) electrons. The lowest BCUT2D eigenvalue weighted by molar-refractivity contribution is -0.0295. The Labute approximate surface area is 186 Å². The van der Waals surface area contributed by atoms with Crippen molar-refractivity contribution in [2.45, 2.75) is 24.2 Å². The highest BCUT2D eigenvalue weighted by Gasteiger charge is 2.22. The molecule has 0 bridgehead atoms. The summed E-state index contributed by atoms with van der Waals surface area (Å²) >= 11 is 6.79. The maximum atomic E-state index is 12.4. The number of anilines is 1. The van der Waals surface area contributed by atoms with Gasteiger partial charge in [-0.05, 0) is 42.3 Å². The van der Waals surface area contributed by atoms with Crippen LogP contribution in [0.15, 0.2) is 40.6 Å². The van der Waals surface area contributed by atoms with Crippen LogP contribution in [0.25, 0.3) is 0 Å². The fourth-order valence-corrected chi connectivity index (χ4v) is 5.77. The Hall–Kier alpha value is -1.65. The van der Waals surface area contributed by atoms with E-state index in [1.54, 1.807) is 24.3 Å². The van der Waals surface area contributed by atoms with E-state index in [-0.39, 0.29) is 16.2 Å². The second-order valence-corrected chi connectivity index (χ2v) is 11.2. The third-order valence-electron chi connectivity index (χ3n) is 4.55. The van der Waals surface area contributed by atoms with E-state index in [9.17, 15) is 13.2 Å². The summed E-state index contributed by atoms with van der Waals surface area (Å²) in [6.07, 6.45) is -0.0369. The molecule has 2 heterocycles. The molecule has 1 aliphatic heterocycles. The lowest BCUT2D eigenvalue weighted by atomic mass is 10.1. The largest absolute Gasteiger partial charge is 0.374 e. The van der Waals surface area contributed by atoms with Gasteiger partial charge in [-0.2, -0.15) is 0 Å². The number of halogens is 1. The zero-order chi connectivity index (χ0) is 21.7. The normalized spacial score (nSPS) is 17.8. The van der Waals surface area contributed by atoms with Gasteiger partial charge in [0.2, 0.25) is 0 Å². The maximum Gasteiger partial charge on any atom is 0.271 e. The Kier molecular flexibility index (Phi) is 7.75. The van der Waals surface area contributed by atoms with Gasteiger partial charge in [0.15, 0.2) is 0 Å². The molecule has 1 atom stereocenters. The molecule has 1 aliphatic rings. The number of rotatable bonds is 8. The highest BCUT2D eigenvalue weighted by Crippen LogP contribution is 2.27. The summed E-state index contributed by atoms with van der Waals surface area (Å²) in [5, 5.41) is 2.90. The van der Waals surface area contributed by atoms with Crippen LogP contribution >= 0.6 is 22.9 Å². The molecule has 2 N–H and O–H groups in total. The first-order valence-corrected chi connectivity index (χ1v) is 12.4. The Morgan fingerprint density at radius 2 is 2.00 bits per heavy atom. The summed E-state index contributed by atoms with van der Waals surface area (Å²) in [7, 11) is -3.70. The standard InChI is InChI=1S/C20H26ClN3O4S2/c1-14(2)12-24-9-10-28-17(13-24)11-22-20(25)15-3-5-16(6-4-15)23-30(26,27)19-8-7-18(21)29-19/h3-8,14,17,23H,9-13H2,1-2H3,(H,22,25)/t17-/m1/s1. The first-order valence-electron chi connectivity index (χ1n) is 9.73. The van der Waals surface area contributed by atoms with Crippen LogP contribution in [0.4, 0.5) is 5.69 Å². The summed E-state index contributed by atoms with van der Waals surface area (Å²) in [5.74, 6) is 0.366. The van der Waals surface area contributed by atoms with Gasteiger partial charge in [-0.15, -0.1) is 11.3 Å².